The molecule has 194 valence electrons. The Morgan fingerprint density at radius 2 is 1.51 bits per heavy atom. The molecule has 6 nitrogen and oxygen atoms in total. The number of rotatable bonds is 6. The van der Waals surface area contributed by atoms with E-state index in [1.54, 1.807) is 42.5 Å². The molecule has 0 fully saturated rings. The van der Waals surface area contributed by atoms with Crippen molar-refractivity contribution in [3.63, 3.8) is 0 Å². The molecule has 7 heteroatoms. The average molecular weight is 536 g/mol. The first-order valence-electron chi connectivity index (χ1n) is 12.5. The van der Waals surface area contributed by atoms with E-state index in [1.165, 1.54) is 4.90 Å². The molecule has 3 amide bonds. The van der Waals surface area contributed by atoms with Crippen LogP contribution in [0.1, 0.15) is 27.0 Å². The van der Waals surface area contributed by atoms with Crippen LogP contribution < -0.4 is 15.5 Å². The molecule has 0 bridgehead atoms. The molecule has 1 atom stereocenters. The number of carbonyl (C=O) groups excluding carboxylic acids is 3. The highest BCUT2D eigenvalue weighted by Gasteiger charge is 2.33. The van der Waals surface area contributed by atoms with E-state index in [2.05, 4.69) is 10.6 Å². The fourth-order valence-corrected chi connectivity index (χ4v) is 4.85. The number of urea groups is 1. The number of aryl methyl sites for hydroxylation is 1. The number of nitrogens with one attached hydrogen (secondary N) is 2. The molecule has 1 aliphatic rings. The van der Waals surface area contributed by atoms with Gasteiger partial charge in [0, 0.05) is 11.1 Å². The van der Waals surface area contributed by atoms with E-state index < -0.39 is 18.0 Å². The summed E-state index contributed by atoms with van der Waals surface area (Å²) in [4.78, 5) is 42.0. The lowest BCUT2D eigenvalue weighted by molar-refractivity contribution is -0.119. The van der Waals surface area contributed by atoms with E-state index in [-0.39, 0.29) is 12.3 Å². The zero-order chi connectivity index (χ0) is 27.4. The average Bonchev–Trinajstić information content (AvgIpc) is 3.06. The van der Waals surface area contributed by atoms with Crippen molar-refractivity contribution in [2.24, 2.45) is 0 Å². The van der Waals surface area contributed by atoms with E-state index in [9.17, 15) is 14.4 Å². The minimum Gasteiger partial charge on any atom is -0.323 e. The molecule has 0 saturated carbocycles. The van der Waals surface area contributed by atoms with Gasteiger partial charge in [-0.25, -0.2) is 4.79 Å². The fraction of sp³-hybridized carbons (Fsp3) is 0.0938. The van der Waals surface area contributed by atoms with Crippen LogP contribution in [0.4, 0.5) is 16.2 Å². The van der Waals surface area contributed by atoms with Gasteiger partial charge in [-0.3, -0.25) is 9.59 Å². The van der Waals surface area contributed by atoms with E-state index in [0.29, 0.717) is 22.0 Å². The number of carbonyl (C=O) groups is 3. The SMILES string of the molecule is Cc1ccccc1C(=O)CN1C(=O)C(NC(=O)Nc2ccccc2Cl)C=C(c2ccccc2)c2ccccc21. The second-order valence-electron chi connectivity index (χ2n) is 9.18. The molecule has 1 heterocycles. The standard InChI is InChI=1S/C32H26ClN3O3/c1-21-11-5-6-14-23(21)30(37)20-36-29-18-10-7-15-24(29)25(22-12-3-2-4-13-22)19-28(31(36)38)35-32(39)34-27-17-9-8-16-26(27)33/h2-19,28H,20H2,1H3,(H2,34,35,39). The Bertz CT molecular complexity index is 1580. The number of anilines is 2. The van der Waals surface area contributed by atoms with E-state index in [0.717, 1.165) is 22.3 Å². The minimum absolute atomic E-state index is 0.180. The van der Waals surface area contributed by atoms with Gasteiger partial charge in [0.1, 0.15) is 6.04 Å². The van der Waals surface area contributed by atoms with Crippen molar-refractivity contribution in [2.75, 3.05) is 16.8 Å². The first-order valence-corrected chi connectivity index (χ1v) is 12.9. The van der Waals surface area contributed by atoms with Gasteiger partial charge in [0.25, 0.3) is 5.91 Å². The Hall–Kier alpha value is -4.68. The molecule has 5 rings (SSSR count). The normalized spacial score (nSPS) is 14.6. The largest absolute Gasteiger partial charge is 0.323 e. The van der Waals surface area contributed by atoms with Crippen molar-refractivity contribution in [1.82, 2.24) is 5.32 Å². The van der Waals surface area contributed by atoms with Gasteiger partial charge in [-0.15, -0.1) is 0 Å². The monoisotopic (exact) mass is 535 g/mol. The predicted octanol–water partition coefficient (Wildman–Crippen LogP) is 6.50. The van der Waals surface area contributed by atoms with Crippen molar-refractivity contribution in [3.05, 3.63) is 136 Å². The maximum Gasteiger partial charge on any atom is 0.320 e. The van der Waals surface area contributed by atoms with E-state index in [1.807, 2.05) is 73.7 Å². The number of nitrogens with zero attached hydrogens (tertiary/aromatic N) is 1. The van der Waals surface area contributed by atoms with Crippen LogP contribution in [0.3, 0.4) is 0 Å². The van der Waals surface area contributed by atoms with Crippen LogP contribution in [0.2, 0.25) is 5.02 Å². The molecular weight excluding hydrogens is 510 g/mol. The van der Waals surface area contributed by atoms with Crippen LogP contribution >= 0.6 is 11.6 Å². The summed E-state index contributed by atoms with van der Waals surface area (Å²) < 4.78 is 0. The number of ketones is 1. The van der Waals surface area contributed by atoms with E-state index in [4.69, 9.17) is 11.6 Å². The highest BCUT2D eigenvalue weighted by Crippen LogP contribution is 2.35. The number of para-hydroxylation sites is 2. The third kappa shape index (κ3) is 5.61. The van der Waals surface area contributed by atoms with Crippen LogP contribution in [-0.2, 0) is 4.79 Å². The van der Waals surface area contributed by atoms with Gasteiger partial charge in [-0.2, -0.15) is 0 Å². The first kappa shape index (κ1) is 25.9. The number of amides is 3. The second kappa shape index (κ2) is 11.4. The minimum atomic E-state index is -1.06. The van der Waals surface area contributed by atoms with Gasteiger partial charge in [0.05, 0.1) is 22.9 Å². The zero-order valence-electron chi connectivity index (χ0n) is 21.2. The molecule has 4 aromatic carbocycles. The molecule has 0 aromatic heterocycles. The summed E-state index contributed by atoms with van der Waals surface area (Å²) in [5.41, 5.74) is 4.82. The quantitative estimate of drug-likeness (QED) is 0.277. The molecule has 0 spiro atoms. The third-order valence-electron chi connectivity index (χ3n) is 6.59. The molecule has 1 unspecified atom stereocenters. The predicted molar refractivity (Wildman–Crippen MR) is 155 cm³/mol. The highest BCUT2D eigenvalue weighted by atomic mass is 35.5. The van der Waals surface area contributed by atoms with Gasteiger partial charge in [-0.05, 0) is 47.9 Å². The van der Waals surface area contributed by atoms with Crippen molar-refractivity contribution in [3.8, 4) is 0 Å². The summed E-state index contributed by atoms with van der Waals surface area (Å²) in [5, 5.41) is 5.87. The van der Waals surface area contributed by atoms with Crippen LogP contribution in [-0.4, -0.2) is 30.3 Å². The summed E-state index contributed by atoms with van der Waals surface area (Å²) in [5.74, 6) is -0.622. The molecule has 0 aliphatic carbocycles. The molecular formula is C32H26ClN3O3. The Balaban J connectivity index is 1.55. The highest BCUT2D eigenvalue weighted by molar-refractivity contribution is 6.33. The van der Waals surface area contributed by atoms with Crippen molar-refractivity contribution in [2.45, 2.75) is 13.0 Å². The van der Waals surface area contributed by atoms with Crippen LogP contribution in [0.5, 0.6) is 0 Å². The maximum absolute atomic E-state index is 14.1. The molecule has 0 radical (unpaired) electrons. The lowest BCUT2D eigenvalue weighted by Gasteiger charge is -2.26. The van der Waals surface area contributed by atoms with Gasteiger partial charge < -0.3 is 15.5 Å². The van der Waals surface area contributed by atoms with Crippen LogP contribution in [0.15, 0.2) is 109 Å². The van der Waals surface area contributed by atoms with Gasteiger partial charge in [0.2, 0.25) is 0 Å². The topological polar surface area (TPSA) is 78.5 Å². The number of hydrogen-bond donors (Lipinski definition) is 2. The summed E-state index contributed by atoms with van der Waals surface area (Å²) in [7, 11) is 0. The Morgan fingerprint density at radius 3 is 2.28 bits per heavy atom. The summed E-state index contributed by atoms with van der Waals surface area (Å²) in [6.45, 7) is 1.69. The Labute approximate surface area is 231 Å². The number of fused-ring (bicyclic) bond motifs is 1. The Morgan fingerprint density at radius 1 is 0.846 bits per heavy atom. The van der Waals surface area contributed by atoms with Crippen molar-refractivity contribution in [1.29, 1.82) is 0 Å². The van der Waals surface area contributed by atoms with Crippen LogP contribution in [0.25, 0.3) is 5.57 Å². The smallest absolute Gasteiger partial charge is 0.320 e. The maximum atomic E-state index is 14.1. The Kier molecular flexibility index (Phi) is 7.57. The molecule has 0 saturated heterocycles. The van der Waals surface area contributed by atoms with E-state index >= 15 is 0 Å². The first-order chi connectivity index (χ1) is 18.9. The number of hydrogen-bond acceptors (Lipinski definition) is 3. The molecule has 39 heavy (non-hydrogen) atoms. The number of halogens is 1. The molecule has 1 aliphatic heterocycles. The van der Waals surface area contributed by atoms with Crippen molar-refractivity contribution < 1.29 is 14.4 Å². The zero-order valence-corrected chi connectivity index (χ0v) is 22.0. The van der Waals surface area contributed by atoms with Gasteiger partial charge >= 0.3 is 6.03 Å². The molecule has 4 aromatic rings. The lowest BCUT2D eigenvalue weighted by atomic mass is 9.95. The van der Waals surface area contributed by atoms with Crippen LogP contribution in [0, 0.1) is 6.92 Å². The number of Topliss-reactive ketones (excluding diaryl/α,β-unsaturated/α-hetero) is 1. The summed E-state index contributed by atoms with van der Waals surface area (Å²) in [6.07, 6.45) is 1.74. The van der Waals surface area contributed by atoms with Crippen molar-refractivity contribution >= 4 is 46.3 Å². The van der Waals surface area contributed by atoms with Gasteiger partial charge in [0.15, 0.2) is 5.78 Å². The summed E-state index contributed by atoms with van der Waals surface area (Å²) >= 11 is 6.21. The fourth-order valence-electron chi connectivity index (χ4n) is 4.66. The summed E-state index contributed by atoms with van der Waals surface area (Å²) in [6, 6.07) is 29.6. The number of benzene rings is 4. The lowest BCUT2D eigenvalue weighted by Crippen LogP contribution is -2.50. The molecule has 2 N–H and O–H groups in total. The second-order valence-corrected chi connectivity index (χ2v) is 9.59. The van der Waals surface area contributed by atoms with Gasteiger partial charge in [-0.1, -0.05) is 96.5 Å². The third-order valence-corrected chi connectivity index (χ3v) is 6.92.